The van der Waals surface area contributed by atoms with E-state index < -0.39 is 0 Å². The van der Waals surface area contributed by atoms with E-state index in [0.29, 0.717) is 0 Å². The third-order valence-corrected chi connectivity index (χ3v) is 4.10. The molecule has 0 aliphatic rings. The summed E-state index contributed by atoms with van der Waals surface area (Å²) in [6.07, 6.45) is 0. The predicted molar refractivity (Wildman–Crippen MR) is 72.0 cm³/mol. The van der Waals surface area contributed by atoms with Gasteiger partial charge in [-0.15, -0.1) is 11.3 Å². The van der Waals surface area contributed by atoms with Crippen LogP contribution in [0.25, 0.3) is 10.4 Å². The molecule has 0 unspecified atom stereocenters. The van der Waals surface area contributed by atoms with Crippen LogP contribution in [0.4, 0.5) is 4.39 Å². The van der Waals surface area contributed by atoms with E-state index in [1.54, 1.807) is 17.4 Å². The molecule has 0 atom stereocenters. The fourth-order valence-corrected chi connectivity index (χ4v) is 3.20. The molecule has 90 valence electrons. The van der Waals surface area contributed by atoms with Gasteiger partial charge in [0.25, 0.3) is 0 Å². The van der Waals surface area contributed by atoms with Crippen LogP contribution in [0.5, 0.6) is 0 Å². The van der Waals surface area contributed by atoms with Gasteiger partial charge in [-0.3, -0.25) is 0 Å². The second kappa shape index (κ2) is 4.98. The molecule has 2 aromatic rings. The minimum absolute atomic E-state index is 0.134. The summed E-state index contributed by atoms with van der Waals surface area (Å²) in [5.74, 6) is -0.134. The standard InChI is InChI=1S/C14H16FNS/c1-9-7-11(8-16-3)17-14(9)12-5-4-6-13(15)10(12)2/h4-7,16H,8H2,1-3H3. The van der Waals surface area contributed by atoms with Gasteiger partial charge in [-0.05, 0) is 49.7 Å². The maximum absolute atomic E-state index is 13.5. The van der Waals surface area contributed by atoms with Crippen LogP contribution in [0, 0.1) is 19.7 Å². The second-order valence-corrected chi connectivity index (χ2v) is 5.30. The molecular formula is C14H16FNS. The number of benzene rings is 1. The summed E-state index contributed by atoms with van der Waals surface area (Å²) in [7, 11) is 1.93. The van der Waals surface area contributed by atoms with E-state index in [1.165, 1.54) is 21.4 Å². The Kier molecular flexibility index (Phi) is 3.60. The van der Waals surface area contributed by atoms with Crippen molar-refractivity contribution in [3.63, 3.8) is 0 Å². The van der Waals surface area contributed by atoms with Crippen LogP contribution >= 0.6 is 11.3 Å². The number of nitrogens with one attached hydrogen (secondary N) is 1. The first-order chi connectivity index (χ1) is 8.13. The number of thiophene rings is 1. The van der Waals surface area contributed by atoms with Crippen LogP contribution in [0.15, 0.2) is 24.3 Å². The van der Waals surface area contributed by atoms with Crippen molar-refractivity contribution in [2.24, 2.45) is 0 Å². The zero-order valence-electron chi connectivity index (χ0n) is 10.3. The molecule has 0 radical (unpaired) electrons. The Morgan fingerprint density at radius 2 is 2.06 bits per heavy atom. The van der Waals surface area contributed by atoms with Crippen molar-refractivity contribution in [2.75, 3.05) is 7.05 Å². The van der Waals surface area contributed by atoms with Gasteiger partial charge in [0.05, 0.1) is 0 Å². The Morgan fingerprint density at radius 1 is 1.29 bits per heavy atom. The zero-order valence-corrected chi connectivity index (χ0v) is 11.1. The monoisotopic (exact) mass is 249 g/mol. The number of hydrogen-bond acceptors (Lipinski definition) is 2. The van der Waals surface area contributed by atoms with Crippen molar-refractivity contribution in [3.8, 4) is 10.4 Å². The van der Waals surface area contributed by atoms with Crippen LogP contribution in [-0.4, -0.2) is 7.05 Å². The Bertz CT molecular complexity index is 531. The normalized spacial score (nSPS) is 10.8. The average molecular weight is 249 g/mol. The van der Waals surface area contributed by atoms with E-state index in [1.807, 2.05) is 20.0 Å². The highest BCUT2D eigenvalue weighted by molar-refractivity contribution is 7.15. The molecule has 0 saturated carbocycles. The van der Waals surface area contributed by atoms with Crippen molar-refractivity contribution in [3.05, 3.63) is 46.1 Å². The van der Waals surface area contributed by atoms with Crippen LogP contribution in [-0.2, 0) is 6.54 Å². The topological polar surface area (TPSA) is 12.0 Å². The Balaban J connectivity index is 2.49. The number of aryl methyl sites for hydroxylation is 1. The molecule has 0 aliphatic heterocycles. The van der Waals surface area contributed by atoms with E-state index in [0.717, 1.165) is 17.7 Å². The van der Waals surface area contributed by atoms with Gasteiger partial charge in [-0.1, -0.05) is 12.1 Å². The highest BCUT2D eigenvalue weighted by Crippen LogP contribution is 2.34. The molecule has 0 amide bonds. The van der Waals surface area contributed by atoms with Gasteiger partial charge in [0.15, 0.2) is 0 Å². The van der Waals surface area contributed by atoms with Crippen LogP contribution in [0.1, 0.15) is 16.0 Å². The first-order valence-electron chi connectivity index (χ1n) is 5.63. The maximum Gasteiger partial charge on any atom is 0.126 e. The maximum atomic E-state index is 13.5. The van der Waals surface area contributed by atoms with Gasteiger partial charge < -0.3 is 5.32 Å². The summed E-state index contributed by atoms with van der Waals surface area (Å²) >= 11 is 1.73. The molecule has 1 aromatic carbocycles. The number of halogens is 1. The summed E-state index contributed by atoms with van der Waals surface area (Å²) in [5.41, 5.74) is 2.96. The van der Waals surface area contributed by atoms with Crippen molar-refractivity contribution < 1.29 is 4.39 Å². The molecule has 2 rings (SSSR count). The van der Waals surface area contributed by atoms with E-state index in [-0.39, 0.29) is 5.82 Å². The third-order valence-electron chi connectivity index (χ3n) is 2.83. The molecule has 1 heterocycles. The van der Waals surface area contributed by atoms with Crippen molar-refractivity contribution in [1.82, 2.24) is 5.32 Å². The lowest BCUT2D eigenvalue weighted by atomic mass is 10.0. The largest absolute Gasteiger partial charge is 0.315 e. The van der Waals surface area contributed by atoms with Gasteiger partial charge >= 0.3 is 0 Å². The van der Waals surface area contributed by atoms with Gasteiger partial charge in [-0.2, -0.15) is 0 Å². The summed E-state index contributed by atoms with van der Waals surface area (Å²) in [6.45, 7) is 4.77. The molecule has 3 heteroatoms. The van der Waals surface area contributed by atoms with Gasteiger partial charge in [0.2, 0.25) is 0 Å². The lowest BCUT2D eigenvalue weighted by Crippen LogP contribution is -2.02. The van der Waals surface area contributed by atoms with Gasteiger partial charge in [0.1, 0.15) is 5.82 Å². The average Bonchev–Trinajstić information content (AvgIpc) is 2.64. The molecule has 0 aliphatic carbocycles. The van der Waals surface area contributed by atoms with Crippen LogP contribution in [0.3, 0.4) is 0 Å². The Labute approximate surface area is 105 Å². The smallest absolute Gasteiger partial charge is 0.126 e. The molecule has 0 bridgehead atoms. The zero-order chi connectivity index (χ0) is 12.4. The lowest BCUT2D eigenvalue weighted by Gasteiger charge is -2.05. The second-order valence-electron chi connectivity index (χ2n) is 4.17. The van der Waals surface area contributed by atoms with Gasteiger partial charge in [0, 0.05) is 16.3 Å². The van der Waals surface area contributed by atoms with E-state index in [9.17, 15) is 4.39 Å². The first-order valence-corrected chi connectivity index (χ1v) is 6.44. The summed E-state index contributed by atoms with van der Waals surface area (Å²) < 4.78 is 13.5. The number of hydrogen-bond donors (Lipinski definition) is 1. The minimum Gasteiger partial charge on any atom is -0.315 e. The van der Waals surface area contributed by atoms with E-state index >= 15 is 0 Å². The Hall–Kier alpha value is -1.19. The summed E-state index contributed by atoms with van der Waals surface area (Å²) in [6, 6.07) is 7.44. The van der Waals surface area contributed by atoms with Crippen molar-refractivity contribution >= 4 is 11.3 Å². The van der Waals surface area contributed by atoms with E-state index in [2.05, 4.69) is 18.3 Å². The van der Waals surface area contributed by atoms with Crippen molar-refractivity contribution in [1.29, 1.82) is 0 Å². The fourth-order valence-electron chi connectivity index (χ4n) is 1.93. The summed E-state index contributed by atoms with van der Waals surface area (Å²) in [4.78, 5) is 2.45. The molecule has 0 fully saturated rings. The molecule has 1 N–H and O–H groups in total. The highest BCUT2D eigenvalue weighted by Gasteiger charge is 2.11. The Morgan fingerprint density at radius 3 is 2.76 bits per heavy atom. The molecular weight excluding hydrogens is 233 g/mol. The fraction of sp³-hybridized carbons (Fsp3) is 0.286. The van der Waals surface area contributed by atoms with Crippen LogP contribution in [0.2, 0.25) is 0 Å². The quantitative estimate of drug-likeness (QED) is 0.870. The molecule has 0 spiro atoms. The number of rotatable bonds is 3. The minimum atomic E-state index is -0.134. The summed E-state index contributed by atoms with van der Waals surface area (Å²) in [5, 5.41) is 3.14. The first kappa shape index (κ1) is 12.3. The molecule has 17 heavy (non-hydrogen) atoms. The van der Waals surface area contributed by atoms with Crippen molar-refractivity contribution in [2.45, 2.75) is 20.4 Å². The molecule has 1 nitrogen and oxygen atoms in total. The third kappa shape index (κ3) is 2.40. The SMILES string of the molecule is CNCc1cc(C)c(-c2cccc(F)c2C)s1. The predicted octanol–water partition coefficient (Wildman–Crippen LogP) is 3.89. The lowest BCUT2D eigenvalue weighted by molar-refractivity contribution is 0.619. The highest BCUT2D eigenvalue weighted by atomic mass is 32.1. The van der Waals surface area contributed by atoms with Gasteiger partial charge in [-0.25, -0.2) is 4.39 Å². The van der Waals surface area contributed by atoms with Crippen LogP contribution < -0.4 is 5.32 Å². The van der Waals surface area contributed by atoms with E-state index in [4.69, 9.17) is 0 Å². The molecule has 0 saturated heterocycles. The molecule has 1 aromatic heterocycles.